The van der Waals surface area contributed by atoms with Crippen molar-refractivity contribution in [2.45, 2.75) is 13.1 Å². The fraction of sp³-hybridized carbons (Fsp3) is 0.400. The van der Waals surface area contributed by atoms with Crippen LogP contribution in [0.4, 0.5) is 19.0 Å². The molecule has 0 bridgehead atoms. The van der Waals surface area contributed by atoms with Crippen LogP contribution in [0.2, 0.25) is 0 Å². The van der Waals surface area contributed by atoms with E-state index < -0.39 is 25.2 Å². The van der Waals surface area contributed by atoms with Crippen molar-refractivity contribution in [2.24, 2.45) is 0 Å². The first kappa shape index (κ1) is 14.9. The van der Waals surface area contributed by atoms with E-state index in [1.807, 2.05) is 5.32 Å². The number of rotatable bonds is 4. The van der Waals surface area contributed by atoms with Crippen molar-refractivity contribution in [1.82, 2.24) is 10.3 Å². The number of pyridine rings is 1. The van der Waals surface area contributed by atoms with Gasteiger partial charge >= 0.3 is 6.18 Å². The summed E-state index contributed by atoms with van der Waals surface area (Å²) < 4.78 is 36.2. The minimum atomic E-state index is -4.33. The van der Waals surface area contributed by atoms with E-state index in [-0.39, 0.29) is 0 Å². The summed E-state index contributed by atoms with van der Waals surface area (Å²) in [5.74, 6) is -0.241. The number of hydrogen-bond acceptors (Lipinski definition) is 3. The van der Waals surface area contributed by atoms with Gasteiger partial charge in [-0.3, -0.25) is 4.79 Å². The summed E-state index contributed by atoms with van der Waals surface area (Å²) in [5.41, 5.74) is 0.716. The number of aromatic nitrogens is 1. The van der Waals surface area contributed by atoms with Crippen molar-refractivity contribution < 1.29 is 18.0 Å². The summed E-state index contributed by atoms with van der Waals surface area (Å²) in [4.78, 5) is 15.3. The van der Waals surface area contributed by atoms with E-state index in [1.165, 1.54) is 6.20 Å². The molecule has 0 aromatic carbocycles. The number of amides is 1. The molecule has 1 aromatic rings. The number of hydrogen-bond donors (Lipinski definition) is 2. The van der Waals surface area contributed by atoms with Gasteiger partial charge in [0.25, 0.3) is 0 Å². The second-order valence-corrected chi connectivity index (χ2v) is 4.50. The van der Waals surface area contributed by atoms with Crippen LogP contribution in [0.3, 0.4) is 0 Å². The van der Waals surface area contributed by atoms with E-state index in [2.05, 4.69) is 26.2 Å². The smallest absolute Gasteiger partial charge is 0.309 e. The lowest BCUT2D eigenvalue weighted by atomic mass is 10.3. The molecule has 4 nitrogen and oxygen atoms in total. The Kier molecular flexibility index (Phi) is 5.09. The lowest BCUT2D eigenvalue weighted by Crippen LogP contribution is -2.35. The first-order valence-electron chi connectivity index (χ1n) is 4.97. The van der Waals surface area contributed by atoms with Crippen molar-refractivity contribution in [2.75, 3.05) is 18.4 Å². The lowest BCUT2D eigenvalue weighted by Gasteiger charge is -2.09. The van der Waals surface area contributed by atoms with Crippen LogP contribution in [-0.4, -0.2) is 30.2 Å². The molecule has 0 aliphatic carbocycles. The second-order valence-electron chi connectivity index (χ2n) is 3.59. The van der Waals surface area contributed by atoms with Gasteiger partial charge < -0.3 is 10.6 Å². The van der Waals surface area contributed by atoms with Crippen LogP contribution in [-0.2, 0) is 4.79 Å². The number of nitrogens with one attached hydrogen (secondary N) is 2. The Bertz CT molecular complexity index is 437. The standard InChI is InChI=1S/C10H11BrF3N3O/c1-6-2-7(11)3-16-9(6)17-8(18)4-15-5-10(12,13)14/h2-3,15H,4-5H2,1H3,(H,16,17,18). The summed E-state index contributed by atoms with van der Waals surface area (Å²) in [6.07, 6.45) is -2.84. The molecule has 0 atom stereocenters. The first-order chi connectivity index (χ1) is 8.28. The number of alkyl halides is 3. The van der Waals surface area contributed by atoms with Gasteiger partial charge in [0.2, 0.25) is 5.91 Å². The molecule has 8 heteroatoms. The topological polar surface area (TPSA) is 54.0 Å². The fourth-order valence-corrected chi connectivity index (χ4v) is 1.61. The monoisotopic (exact) mass is 325 g/mol. The van der Waals surface area contributed by atoms with Crippen LogP contribution in [0.15, 0.2) is 16.7 Å². The van der Waals surface area contributed by atoms with Crippen LogP contribution < -0.4 is 10.6 Å². The SMILES string of the molecule is Cc1cc(Br)cnc1NC(=O)CNCC(F)(F)F. The molecule has 0 unspecified atom stereocenters. The Morgan fingerprint density at radius 1 is 1.50 bits per heavy atom. The molecule has 0 aliphatic heterocycles. The van der Waals surface area contributed by atoms with Crippen LogP contribution >= 0.6 is 15.9 Å². The predicted octanol–water partition coefficient (Wildman–Crippen LogP) is 2.24. The van der Waals surface area contributed by atoms with E-state index in [0.717, 1.165) is 4.47 Å². The fourth-order valence-electron chi connectivity index (χ4n) is 1.17. The highest BCUT2D eigenvalue weighted by atomic mass is 79.9. The zero-order chi connectivity index (χ0) is 13.8. The van der Waals surface area contributed by atoms with Gasteiger partial charge in [0.05, 0.1) is 13.1 Å². The Labute approximate surface area is 110 Å². The van der Waals surface area contributed by atoms with Gasteiger partial charge in [-0.2, -0.15) is 13.2 Å². The number of anilines is 1. The summed E-state index contributed by atoms with van der Waals surface area (Å²) in [6.45, 7) is 0.111. The maximum atomic E-state index is 11.8. The van der Waals surface area contributed by atoms with Crippen molar-refractivity contribution in [3.05, 3.63) is 22.3 Å². The van der Waals surface area contributed by atoms with Crippen LogP contribution in [0, 0.1) is 6.92 Å². The Morgan fingerprint density at radius 2 is 2.17 bits per heavy atom. The van der Waals surface area contributed by atoms with Gasteiger partial charge in [-0.1, -0.05) is 0 Å². The van der Waals surface area contributed by atoms with E-state index in [1.54, 1.807) is 13.0 Å². The lowest BCUT2D eigenvalue weighted by molar-refractivity contribution is -0.126. The van der Waals surface area contributed by atoms with E-state index >= 15 is 0 Å². The number of carbonyl (C=O) groups excluding carboxylic acids is 1. The number of halogens is 4. The summed E-state index contributed by atoms with van der Waals surface area (Å²) >= 11 is 3.21. The Hall–Kier alpha value is -1.15. The molecule has 1 heterocycles. The Balaban J connectivity index is 2.45. The highest BCUT2D eigenvalue weighted by Gasteiger charge is 2.26. The molecule has 1 amide bonds. The molecule has 100 valence electrons. The zero-order valence-electron chi connectivity index (χ0n) is 9.44. The van der Waals surface area contributed by atoms with Gasteiger partial charge in [-0.15, -0.1) is 0 Å². The van der Waals surface area contributed by atoms with Crippen LogP contribution in [0.25, 0.3) is 0 Å². The van der Waals surface area contributed by atoms with E-state index in [9.17, 15) is 18.0 Å². The van der Waals surface area contributed by atoms with Gasteiger partial charge in [0.1, 0.15) is 5.82 Å². The van der Waals surface area contributed by atoms with Crippen molar-refractivity contribution in [3.8, 4) is 0 Å². The third-order valence-corrected chi connectivity index (χ3v) is 2.35. The third-order valence-electron chi connectivity index (χ3n) is 1.91. The van der Waals surface area contributed by atoms with Gasteiger partial charge in [0.15, 0.2) is 0 Å². The largest absolute Gasteiger partial charge is 0.401 e. The quantitative estimate of drug-likeness (QED) is 0.892. The second kappa shape index (κ2) is 6.14. The number of carbonyl (C=O) groups is 1. The average Bonchev–Trinajstić information content (AvgIpc) is 2.20. The first-order valence-corrected chi connectivity index (χ1v) is 5.77. The minimum absolute atomic E-state index is 0.331. The molecule has 0 spiro atoms. The normalized spacial score (nSPS) is 11.4. The molecule has 1 rings (SSSR count). The molecule has 0 radical (unpaired) electrons. The molecular formula is C10H11BrF3N3O. The van der Waals surface area contributed by atoms with E-state index in [4.69, 9.17) is 0 Å². The highest BCUT2D eigenvalue weighted by molar-refractivity contribution is 9.10. The van der Waals surface area contributed by atoms with Crippen LogP contribution in [0.1, 0.15) is 5.56 Å². The number of aryl methyl sites for hydroxylation is 1. The third kappa shape index (κ3) is 5.46. The summed E-state index contributed by atoms with van der Waals surface area (Å²) in [6, 6.07) is 1.74. The summed E-state index contributed by atoms with van der Waals surface area (Å²) in [7, 11) is 0. The molecule has 18 heavy (non-hydrogen) atoms. The molecule has 0 saturated carbocycles. The predicted molar refractivity (Wildman–Crippen MR) is 64.2 cm³/mol. The number of nitrogens with zero attached hydrogens (tertiary/aromatic N) is 1. The molecule has 0 fully saturated rings. The zero-order valence-corrected chi connectivity index (χ0v) is 11.0. The average molecular weight is 326 g/mol. The summed E-state index contributed by atoms with van der Waals surface area (Å²) in [5, 5.41) is 4.43. The van der Waals surface area contributed by atoms with E-state index in [0.29, 0.717) is 11.4 Å². The maximum Gasteiger partial charge on any atom is 0.401 e. The van der Waals surface area contributed by atoms with Gasteiger partial charge in [-0.05, 0) is 34.5 Å². The maximum absolute atomic E-state index is 11.8. The van der Waals surface area contributed by atoms with Crippen molar-refractivity contribution in [1.29, 1.82) is 0 Å². The molecule has 1 aromatic heterocycles. The van der Waals surface area contributed by atoms with Gasteiger partial charge in [0, 0.05) is 10.7 Å². The molecular weight excluding hydrogens is 315 g/mol. The Morgan fingerprint density at radius 3 is 2.72 bits per heavy atom. The van der Waals surface area contributed by atoms with Crippen LogP contribution in [0.5, 0.6) is 0 Å². The molecule has 2 N–H and O–H groups in total. The van der Waals surface area contributed by atoms with Gasteiger partial charge in [-0.25, -0.2) is 4.98 Å². The van der Waals surface area contributed by atoms with Crippen molar-refractivity contribution >= 4 is 27.7 Å². The molecule has 0 aliphatic rings. The minimum Gasteiger partial charge on any atom is -0.309 e. The molecule has 0 saturated heterocycles. The highest BCUT2D eigenvalue weighted by Crippen LogP contribution is 2.16. The van der Waals surface area contributed by atoms with Crippen molar-refractivity contribution in [3.63, 3.8) is 0 Å².